The number of benzene rings is 2. The predicted molar refractivity (Wildman–Crippen MR) is 129 cm³/mol. The van der Waals surface area contributed by atoms with Gasteiger partial charge in [-0.2, -0.15) is 0 Å². The molecule has 176 valence electrons. The third-order valence-corrected chi connectivity index (χ3v) is 6.01. The molecule has 8 nitrogen and oxygen atoms in total. The largest absolute Gasteiger partial charge is 0.497 e. The summed E-state index contributed by atoms with van der Waals surface area (Å²) in [5.41, 5.74) is 0.709. The van der Waals surface area contributed by atoms with E-state index in [9.17, 15) is 4.79 Å². The van der Waals surface area contributed by atoms with Gasteiger partial charge in [-0.05, 0) is 76.2 Å². The highest BCUT2D eigenvalue weighted by molar-refractivity contribution is 8.00. The van der Waals surface area contributed by atoms with Crippen LogP contribution in [0.4, 0.5) is 5.69 Å². The molecule has 2 aromatic carbocycles. The maximum atomic E-state index is 12.7. The Labute approximate surface area is 198 Å². The van der Waals surface area contributed by atoms with Crippen LogP contribution in [0.3, 0.4) is 0 Å². The van der Waals surface area contributed by atoms with Crippen molar-refractivity contribution in [1.29, 1.82) is 0 Å². The van der Waals surface area contributed by atoms with Gasteiger partial charge in [0.05, 0.1) is 19.5 Å². The van der Waals surface area contributed by atoms with Crippen molar-refractivity contribution < 1.29 is 19.0 Å². The van der Waals surface area contributed by atoms with Crippen molar-refractivity contribution in [1.82, 2.24) is 14.8 Å². The highest BCUT2D eigenvalue weighted by Gasteiger charge is 2.25. The smallest absolute Gasteiger partial charge is 0.237 e. The topological polar surface area (TPSA) is 87.5 Å². The first-order valence-electron chi connectivity index (χ1n) is 10.7. The molecule has 1 aromatic heterocycles. The number of hydrogen-bond donors (Lipinski definition) is 1. The zero-order valence-electron chi connectivity index (χ0n) is 19.7. The van der Waals surface area contributed by atoms with Crippen LogP contribution in [-0.2, 0) is 4.79 Å². The van der Waals surface area contributed by atoms with Gasteiger partial charge < -0.3 is 24.1 Å². The molecule has 1 amide bonds. The minimum Gasteiger partial charge on any atom is -0.497 e. The lowest BCUT2D eigenvalue weighted by Gasteiger charge is -2.20. The van der Waals surface area contributed by atoms with Crippen LogP contribution in [-0.4, -0.2) is 40.1 Å². The summed E-state index contributed by atoms with van der Waals surface area (Å²) in [6, 6.07) is 14.7. The Hall–Kier alpha value is -3.20. The highest BCUT2D eigenvalue weighted by atomic mass is 32.2. The Morgan fingerprint density at radius 2 is 1.42 bits per heavy atom. The number of nitrogens with one attached hydrogen (secondary N) is 1. The third kappa shape index (κ3) is 6.19. The van der Waals surface area contributed by atoms with Gasteiger partial charge in [0, 0.05) is 11.7 Å². The van der Waals surface area contributed by atoms with Gasteiger partial charge in [-0.1, -0.05) is 11.8 Å². The van der Waals surface area contributed by atoms with E-state index < -0.39 is 0 Å². The van der Waals surface area contributed by atoms with Crippen LogP contribution >= 0.6 is 11.8 Å². The number of nitrogens with zero attached hydrogens (tertiary/aromatic N) is 3. The molecule has 0 aliphatic carbocycles. The van der Waals surface area contributed by atoms with Gasteiger partial charge in [0.1, 0.15) is 17.2 Å². The van der Waals surface area contributed by atoms with E-state index in [1.807, 2.05) is 42.7 Å². The molecule has 0 aliphatic rings. The summed E-state index contributed by atoms with van der Waals surface area (Å²) in [6.45, 7) is 7.89. The fourth-order valence-electron chi connectivity index (χ4n) is 3.17. The monoisotopic (exact) mass is 470 g/mol. The summed E-state index contributed by atoms with van der Waals surface area (Å²) in [4.78, 5) is 12.7. The molecule has 1 heterocycles. The number of methoxy groups -OCH3 is 2. The van der Waals surface area contributed by atoms with Gasteiger partial charge in [-0.25, -0.2) is 0 Å². The molecule has 3 aromatic rings. The minimum absolute atomic E-state index is 0.0938. The van der Waals surface area contributed by atoms with Crippen LogP contribution in [0.2, 0.25) is 0 Å². The van der Waals surface area contributed by atoms with Gasteiger partial charge in [0.15, 0.2) is 17.1 Å². The summed E-state index contributed by atoms with van der Waals surface area (Å²) >= 11 is 1.36. The highest BCUT2D eigenvalue weighted by Crippen LogP contribution is 2.30. The molecule has 0 saturated carbocycles. The van der Waals surface area contributed by atoms with E-state index in [2.05, 4.69) is 29.4 Å². The van der Waals surface area contributed by atoms with Gasteiger partial charge in [0.25, 0.3) is 0 Å². The molecule has 2 unspecified atom stereocenters. The number of carbonyl (C=O) groups is 1. The molecule has 9 heteroatoms. The summed E-state index contributed by atoms with van der Waals surface area (Å²) in [7, 11) is 3.23. The van der Waals surface area contributed by atoms with Gasteiger partial charge in [0.2, 0.25) is 5.91 Å². The second-order valence-corrected chi connectivity index (χ2v) is 9.03. The number of aromatic nitrogens is 3. The van der Waals surface area contributed by atoms with Crippen molar-refractivity contribution in [2.45, 2.75) is 50.2 Å². The normalized spacial score (nSPS) is 12.8. The van der Waals surface area contributed by atoms with Crippen molar-refractivity contribution in [3.63, 3.8) is 0 Å². The number of rotatable bonds is 10. The van der Waals surface area contributed by atoms with Gasteiger partial charge in [-0.15, -0.1) is 10.2 Å². The maximum Gasteiger partial charge on any atom is 0.237 e. The van der Waals surface area contributed by atoms with Crippen molar-refractivity contribution in [2.24, 2.45) is 0 Å². The molecular formula is C24H30N4O4S. The van der Waals surface area contributed by atoms with Crippen molar-refractivity contribution >= 4 is 23.4 Å². The van der Waals surface area contributed by atoms with Crippen molar-refractivity contribution in [3.05, 3.63) is 54.4 Å². The number of thioether (sulfide) groups is 1. The molecule has 0 saturated heterocycles. The number of ether oxygens (including phenoxy) is 3. The first-order valence-corrected chi connectivity index (χ1v) is 11.6. The molecule has 2 atom stereocenters. The van der Waals surface area contributed by atoms with E-state index in [4.69, 9.17) is 14.2 Å². The molecule has 0 spiro atoms. The van der Waals surface area contributed by atoms with E-state index in [1.165, 1.54) is 11.8 Å². The Balaban J connectivity index is 1.70. The molecule has 1 N–H and O–H groups in total. The van der Waals surface area contributed by atoms with E-state index in [0.29, 0.717) is 22.4 Å². The molecule has 3 rings (SSSR count). The van der Waals surface area contributed by atoms with Crippen LogP contribution in [0.1, 0.15) is 45.7 Å². The van der Waals surface area contributed by atoms with Crippen molar-refractivity contribution in [2.75, 3.05) is 19.5 Å². The maximum absolute atomic E-state index is 12.7. The fourth-order valence-corrected chi connectivity index (χ4v) is 4.16. The molecule has 0 aliphatic heterocycles. The average Bonchev–Trinajstić information content (AvgIpc) is 3.24. The minimum atomic E-state index is -0.375. The first-order chi connectivity index (χ1) is 15.8. The first kappa shape index (κ1) is 24.4. The average molecular weight is 471 g/mol. The Morgan fingerprint density at radius 3 is 1.97 bits per heavy atom. The van der Waals surface area contributed by atoms with E-state index >= 15 is 0 Å². The summed E-state index contributed by atoms with van der Waals surface area (Å²) in [6.07, 6.45) is -0.328. The number of carbonyl (C=O) groups excluding carboxylic acids is 1. The van der Waals surface area contributed by atoms with Gasteiger partial charge in [-0.3, -0.25) is 4.79 Å². The van der Waals surface area contributed by atoms with Gasteiger partial charge >= 0.3 is 0 Å². The van der Waals surface area contributed by atoms with E-state index in [0.717, 1.165) is 11.5 Å². The summed E-state index contributed by atoms with van der Waals surface area (Å²) in [5.74, 6) is 2.79. The van der Waals surface area contributed by atoms with Crippen molar-refractivity contribution in [3.8, 4) is 17.2 Å². The Morgan fingerprint density at radius 1 is 0.879 bits per heavy atom. The third-order valence-electron chi connectivity index (χ3n) is 4.95. The predicted octanol–water partition coefficient (Wildman–Crippen LogP) is 5.14. The van der Waals surface area contributed by atoms with Crippen LogP contribution in [0.25, 0.3) is 0 Å². The standard InChI is InChI=1S/C24H30N4O4S/c1-15(2)28-22(16(3)32-21-13-11-20(31-6)12-14-21)26-27-24(28)33-17(4)23(29)25-18-7-9-19(30-5)10-8-18/h7-17H,1-6H3,(H,25,29). The van der Waals surface area contributed by atoms with Crippen LogP contribution in [0.15, 0.2) is 53.7 Å². The SMILES string of the molecule is COc1ccc(NC(=O)C(C)Sc2nnc(C(C)Oc3ccc(OC)cc3)n2C(C)C)cc1. The zero-order valence-corrected chi connectivity index (χ0v) is 20.6. The molecular weight excluding hydrogens is 440 g/mol. The molecule has 0 fully saturated rings. The lowest BCUT2D eigenvalue weighted by atomic mass is 10.3. The Kier molecular flexibility index (Phi) is 8.21. The summed E-state index contributed by atoms with van der Waals surface area (Å²) < 4.78 is 18.4. The van der Waals surface area contributed by atoms with E-state index in [1.54, 1.807) is 38.5 Å². The second-order valence-electron chi connectivity index (χ2n) is 7.72. The zero-order chi connectivity index (χ0) is 24.0. The number of amides is 1. The van der Waals surface area contributed by atoms with Crippen LogP contribution in [0.5, 0.6) is 17.2 Å². The molecule has 0 radical (unpaired) electrons. The van der Waals surface area contributed by atoms with E-state index in [-0.39, 0.29) is 23.3 Å². The number of anilines is 1. The molecule has 0 bridgehead atoms. The molecule has 33 heavy (non-hydrogen) atoms. The summed E-state index contributed by atoms with van der Waals surface area (Å²) in [5, 5.41) is 12.0. The van der Waals surface area contributed by atoms with Crippen LogP contribution < -0.4 is 19.5 Å². The lowest BCUT2D eigenvalue weighted by molar-refractivity contribution is -0.115. The quantitative estimate of drug-likeness (QED) is 0.411. The lowest BCUT2D eigenvalue weighted by Crippen LogP contribution is -2.23. The van der Waals surface area contributed by atoms with Crippen LogP contribution in [0, 0.1) is 0 Å². The number of hydrogen-bond acceptors (Lipinski definition) is 7. The Bertz CT molecular complexity index is 1050. The fraction of sp³-hybridized carbons (Fsp3) is 0.375. The second kappa shape index (κ2) is 11.1.